The van der Waals surface area contributed by atoms with Crippen molar-refractivity contribution < 1.29 is 22.3 Å². The fourth-order valence-corrected chi connectivity index (χ4v) is 2.58. The molecule has 1 aromatic heterocycles. The van der Waals surface area contributed by atoms with Gasteiger partial charge in [-0.05, 0) is 25.2 Å². The lowest BCUT2D eigenvalue weighted by Crippen LogP contribution is -2.35. The number of methoxy groups -OCH3 is 1. The largest absolute Gasteiger partial charge is 0.383 e. The Morgan fingerprint density at radius 1 is 1.18 bits per heavy atom. The van der Waals surface area contributed by atoms with E-state index in [9.17, 15) is 17.6 Å². The summed E-state index contributed by atoms with van der Waals surface area (Å²) < 4.78 is 59.4. The molecule has 2 rings (SSSR count). The van der Waals surface area contributed by atoms with Crippen LogP contribution in [0.2, 0.25) is 0 Å². The molecule has 122 valence electrons. The number of halogens is 4. The van der Waals surface area contributed by atoms with Crippen molar-refractivity contribution in [2.75, 3.05) is 31.7 Å². The Kier molecular flexibility index (Phi) is 5.76. The highest BCUT2D eigenvalue weighted by molar-refractivity contribution is 5.48. The topological polar surface area (TPSA) is 25.4 Å². The molecule has 1 aliphatic carbocycles. The number of anilines is 1. The average Bonchev–Trinajstić information content (AvgIpc) is 2.51. The van der Waals surface area contributed by atoms with E-state index >= 15 is 0 Å². The summed E-state index contributed by atoms with van der Waals surface area (Å²) in [7, 11) is 1.45. The number of nitrogens with zero attached hydrogens (tertiary/aromatic N) is 2. The van der Waals surface area contributed by atoms with Crippen LogP contribution in [0.5, 0.6) is 0 Å². The molecule has 0 radical (unpaired) electrons. The summed E-state index contributed by atoms with van der Waals surface area (Å²) in [6.45, 7) is 0.616. The zero-order valence-electron chi connectivity index (χ0n) is 12.3. The summed E-state index contributed by atoms with van der Waals surface area (Å²) in [5.41, 5.74) is -0.711. The van der Waals surface area contributed by atoms with Crippen LogP contribution in [0.3, 0.4) is 0 Å². The molecule has 0 saturated heterocycles. The molecule has 0 fully saturated rings. The smallest absolute Gasteiger partial charge is 0.253 e. The third-order valence-electron chi connectivity index (χ3n) is 3.71. The van der Waals surface area contributed by atoms with Gasteiger partial charge in [0, 0.05) is 20.2 Å². The van der Waals surface area contributed by atoms with Gasteiger partial charge in [-0.2, -0.15) is 22.5 Å². The molecule has 0 N–H and O–H groups in total. The second-order valence-electron chi connectivity index (χ2n) is 5.26. The fourth-order valence-electron chi connectivity index (χ4n) is 2.58. The number of hydrogen-bond acceptors (Lipinski definition) is 3. The molecular weight excluding hydrogens is 300 g/mol. The number of allylic oxidation sites excluding steroid dienone is 2. The van der Waals surface area contributed by atoms with Gasteiger partial charge < -0.3 is 9.64 Å². The van der Waals surface area contributed by atoms with Crippen LogP contribution in [-0.4, -0.2) is 31.8 Å². The van der Waals surface area contributed by atoms with Gasteiger partial charge in [0.05, 0.1) is 6.61 Å². The third kappa shape index (κ3) is 3.76. The Morgan fingerprint density at radius 3 is 2.41 bits per heavy atom. The van der Waals surface area contributed by atoms with E-state index < -0.39 is 29.2 Å². The quantitative estimate of drug-likeness (QED) is 0.456. The minimum Gasteiger partial charge on any atom is -0.383 e. The number of pyridine rings is 1. The van der Waals surface area contributed by atoms with Gasteiger partial charge in [-0.25, -0.2) is 0 Å². The van der Waals surface area contributed by atoms with E-state index in [4.69, 9.17) is 4.74 Å². The number of rotatable bonds is 6. The fraction of sp³-hybridized carbons (Fsp3) is 0.533. The van der Waals surface area contributed by atoms with Gasteiger partial charge in [-0.1, -0.05) is 12.2 Å². The normalized spacial score (nSPS) is 17.8. The van der Waals surface area contributed by atoms with Crippen molar-refractivity contribution in [2.24, 2.45) is 5.92 Å². The van der Waals surface area contributed by atoms with Crippen molar-refractivity contribution >= 4 is 5.69 Å². The summed E-state index contributed by atoms with van der Waals surface area (Å²) in [6, 6.07) is 0. The van der Waals surface area contributed by atoms with E-state index in [1.807, 2.05) is 12.2 Å². The average molecular weight is 318 g/mol. The minimum absolute atomic E-state index is 0.132. The minimum atomic E-state index is -1.64. The van der Waals surface area contributed by atoms with E-state index in [1.165, 1.54) is 12.0 Å². The van der Waals surface area contributed by atoms with Crippen molar-refractivity contribution in [2.45, 2.75) is 19.3 Å². The van der Waals surface area contributed by atoms with Gasteiger partial charge >= 0.3 is 0 Å². The Hall–Kier alpha value is -1.63. The third-order valence-corrected chi connectivity index (χ3v) is 3.71. The Balaban J connectivity index is 2.30. The highest BCUT2D eigenvalue weighted by Crippen LogP contribution is 2.29. The molecule has 1 unspecified atom stereocenters. The molecule has 1 aliphatic rings. The maximum atomic E-state index is 13.9. The number of ether oxygens (including phenoxy) is 1. The van der Waals surface area contributed by atoms with Gasteiger partial charge in [0.2, 0.25) is 11.6 Å². The molecule has 0 bridgehead atoms. The van der Waals surface area contributed by atoms with E-state index in [-0.39, 0.29) is 19.1 Å². The molecule has 0 saturated carbocycles. The van der Waals surface area contributed by atoms with Gasteiger partial charge in [-0.15, -0.1) is 0 Å². The molecule has 0 aromatic carbocycles. The van der Waals surface area contributed by atoms with Crippen LogP contribution in [-0.2, 0) is 4.74 Å². The highest BCUT2D eigenvalue weighted by atomic mass is 19.2. The zero-order chi connectivity index (χ0) is 16.1. The lowest BCUT2D eigenvalue weighted by molar-refractivity contribution is 0.203. The van der Waals surface area contributed by atoms with E-state index in [2.05, 4.69) is 4.98 Å². The first-order valence-electron chi connectivity index (χ1n) is 7.13. The molecular formula is C15H18F4N2O. The lowest BCUT2D eigenvalue weighted by atomic mass is 9.94. The van der Waals surface area contributed by atoms with Crippen LogP contribution in [0.1, 0.15) is 19.3 Å². The van der Waals surface area contributed by atoms with Crippen LogP contribution in [0.25, 0.3) is 0 Å². The molecule has 3 nitrogen and oxygen atoms in total. The molecule has 22 heavy (non-hydrogen) atoms. The van der Waals surface area contributed by atoms with E-state index in [0.717, 1.165) is 19.3 Å². The number of aromatic nitrogens is 1. The van der Waals surface area contributed by atoms with Crippen LogP contribution < -0.4 is 4.90 Å². The first-order chi connectivity index (χ1) is 10.5. The standard InChI is InChI=1S/C15H18F4N2O/c1-22-8-7-21(9-10-5-3-2-4-6-10)13-11(16)14(18)20-15(19)12(13)17/h2-3,10H,4-9H2,1H3. The SMILES string of the molecule is COCCN(CC1CC=CCC1)c1c(F)c(F)nc(F)c1F. The summed E-state index contributed by atoms with van der Waals surface area (Å²) in [5, 5.41) is 0. The first kappa shape index (κ1) is 16.7. The summed E-state index contributed by atoms with van der Waals surface area (Å²) >= 11 is 0. The molecule has 1 atom stereocenters. The van der Waals surface area contributed by atoms with E-state index in [1.54, 1.807) is 0 Å². The highest BCUT2D eigenvalue weighted by Gasteiger charge is 2.27. The zero-order valence-corrected chi connectivity index (χ0v) is 12.3. The second kappa shape index (κ2) is 7.58. The van der Waals surface area contributed by atoms with Gasteiger partial charge in [0.1, 0.15) is 5.69 Å². The Bertz CT molecular complexity index is 525. The van der Waals surface area contributed by atoms with Gasteiger partial charge in [0.25, 0.3) is 11.9 Å². The van der Waals surface area contributed by atoms with Crippen molar-refractivity contribution in [1.82, 2.24) is 4.98 Å². The van der Waals surface area contributed by atoms with Crippen LogP contribution in [0.15, 0.2) is 12.2 Å². The van der Waals surface area contributed by atoms with Crippen LogP contribution >= 0.6 is 0 Å². The molecule has 7 heteroatoms. The second-order valence-corrected chi connectivity index (χ2v) is 5.26. The van der Waals surface area contributed by atoms with Gasteiger partial charge in [-0.3, -0.25) is 0 Å². The monoisotopic (exact) mass is 318 g/mol. The van der Waals surface area contributed by atoms with Gasteiger partial charge in [0.15, 0.2) is 0 Å². The van der Waals surface area contributed by atoms with Crippen molar-refractivity contribution in [3.63, 3.8) is 0 Å². The molecule has 1 heterocycles. The molecule has 0 aliphatic heterocycles. The summed E-state index contributed by atoms with van der Waals surface area (Å²) in [4.78, 5) is 3.89. The van der Waals surface area contributed by atoms with Crippen LogP contribution in [0.4, 0.5) is 23.2 Å². The summed E-state index contributed by atoms with van der Waals surface area (Å²) in [6.07, 6.45) is 6.56. The lowest BCUT2D eigenvalue weighted by Gasteiger charge is -2.30. The van der Waals surface area contributed by atoms with Crippen molar-refractivity contribution in [1.29, 1.82) is 0 Å². The Morgan fingerprint density at radius 2 is 1.86 bits per heavy atom. The number of hydrogen-bond donors (Lipinski definition) is 0. The first-order valence-corrected chi connectivity index (χ1v) is 7.13. The molecule has 1 aromatic rings. The van der Waals surface area contributed by atoms with Crippen LogP contribution in [0, 0.1) is 29.4 Å². The van der Waals surface area contributed by atoms with Crippen molar-refractivity contribution in [3.05, 3.63) is 35.7 Å². The predicted molar refractivity (Wildman–Crippen MR) is 74.6 cm³/mol. The van der Waals surface area contributed by atoms with Crippen molar-refractivity contribution in [3.8, 4) is 0 Å². The maximum absolute atomic E-state index is 13.9. The van der Waals surface area contributed by atoms with E-state index in [0.29, 0.717) is 6.54 Å². The molecule has 0 amide bonds. The Labute approximate surface area is 126 Å². The maximum Gasteiger partial charge on any atom is 0.253 e. The molecule has 0 spiro atoms. The summed E-state index contributed by atoms with van der Waals surface area (Å²) in [5.74, 6) is -6.05. The predicted octanol–water partition coefficient (Wildman–Crippen LogP) is 3.45.